The number of hydrogen-bond donors (Lipinski definition) is 2. The fraction of sp³-hybridized carbons (Fsp3) is 0.560. The third-order valence-corrected chi connectivity index (χ3v) is 6.18. The van der Waals surface area contributed by atoms with Crippen molar-refractivity contribution >= 4 is 29.2 Å². The molecule has 1 aromatic carbocycles. The van der Waals surface area contributed by atoms with Crippen LogP contribution in [0.3, 0.4) is 0 Å². The number of aromatic nitrogens is 1. The van der Waals surface area contributed by atoms with Crippen molar-refractivity contribution in [2.24, 2.45) is 11.3 Å². The summed E-state index contributed by atoms with van der Waals surface area (Å²) < 4.78 is 11.0. The van der Waals surface area contributed by atoms with Gasteiger partial charge in [-0.2, -0.15) is 0 Å². The summed E-state index contributed by atoms with van der Waals surface area (Å²) in [6.07, 6.45) is 3.74. The van der Waals surface area contributed by atoms with Crippen LogP contribution in [0.15, 0.2) is 22.7 Å². The topological polar surface area (TPSA) is 102 Å². The highest BCUT2D eigenvalue weighted by atomic mass is 35.5. The van der Waals surface area contributed by atoms with E-state index < -0.39 is 12.6 Å². The standard InChI is InChI=1S/C25H33ClN2O5/c1-15-5-6-21(19(26)9-15)27-22(29)8-7-20-18(13-32-14-23(30)31)24(33-28-20)17-10-16(11-17)12-25(2,3)4/h5-6,9,16-17H,7-8,10-14H2,1-4H3,(H,27,29)(H,30,31). The Morgan fingerprint density at radius 1 is 1.30 bits per heavy atom. The zero-order valence-electron chi connectivity index (χ0n) is 19.7. The van der Waals surface area contributed by atoms with Gasteiger partial charge in [-0.3, -0.25) is 4.79 Å². The number of carboxylic acids is 1. The van der Waals surface area contributed by atoms with Crippen LogP contribution in [0.1, 0.15) is 75.0 Å². The number of hydrogen-bond acceptors (Lipinski definition) is 5. The van der Waals surface area contributed by atoms with Crippen molar-refractivity contribution < 1.29 is 24.0 Å². The van der Waals surface area contributed by atoms with Crippen LogP contribution in [0.2, 0.25) is 5.02 Å². The van der Waals surface area contributed by atoms with E-state index in [1.54, 1.807) is 12.1 Å². The van der Waals surface area contributed by atoms with Gasteiger partial charge in [-0.05, 0) is 55.2 Å². The Morgan fingerprint density at radius 3 is 2.67 bits per heavy atom. The third kappa shape index (κ3) is 7.30. The van der Waals surface area contributed by atoms with Crippen molar-refractivity contribution in [3.63, 3.8) is 0 Å². The number of carboxylic acid groups (broad SMARTS) is 1. The summed E-state index contributed by atoms with van der Waals surface area (Å²) in [5.41, 5.74) is 3.28. The van der Waals surface area contributed by atoms with E-state index >= 15 is 0 Å². The maximum atomic E-state index is 12.5. The van der Waals surface area contributed by atoms with E-state index in [1.807, 2.05) is 13.0 Å². The molecule has 1 amide bonds. The van der Waals surface area contributed by atoms with E-state index in [1.165, 1.54) is 0 Å². The van der Waals surface area contributed by atoms with Crippen molar-refractivity contribution in [2.75, 3.05) is 11.9 Å². The van der Waals surface area contributed by atoms with Gasteiger partial charge >= 0.3 is 5.97 Å². The number of halogens is 1. The van der Waals surface area contributed by atoms with Gasteiger partial charge in [0, 0.05) is 24.3 Å². The third-order valence-electron chi connectivity index (χ3n) is 5.87. The van der Waals surface area contributed by atoms with E-state index in [2.05, 4.69) is 31.2 Å². The molecule has 0 atom stereocenters. The van der Waals surface area contributed by atoms with Crippen LogP contribution in [0, 0.1) is 18.3 Å². The van der Waals surface area contributed by atoms with Gasteiger partial charge in [0.05, 0.1) is 23.0 Å². The smallest absolute Gasteiger partial charge is 0.329 e. The molecule has 1 saturated carbocycles. The summed E-state index contributed by atoms with van der Waals surface area (Å²) in [4.78, 5) is 23.4. The van der Waals surface area contributed by atoms with Gasteiger partial charge in [0.25, 0.3) is 0 Å². The maximum absolute atomic E-state index is 12.5. The number of carbonyl (C=O) groups is 2. The molecule has 0 aliphatic heterocycles. The molecular formula is C25H33ClN2O5. The number of ether oxygens (including phenoxy) is 1. The fourth-order valence-corrected chi connectivity index (χ4v) is 4.70. The molecule has 33 heavy (non-hydrogen) atoms. The number of nitrogens with zero attached hydrogens (tertiary/aromatic N) is 1. The minimum absolute atomic E-state index is 0.103. The Bertz CT molecular complexity index is 989. The highest BCUT2D eigenvalue weighted by Crippen LogP contribution is 2.48. The lowest BCUT2D eigenvalue weighted by atomic mass is 9.67. The normalized spacial score (nSPS) is 18.1. The molecule has 0 spiro atoms. The van der Waals surface area contributed by atoms with Crippen LogP contribution in [-0.2, 0) is 27.4 Å². The molecule has 0 saturated heterocycles. The zero-order valence-corrected chi connectivity index (χ0v) is 20.5. The highest BCUT2D eigenvalue weighted by molar-refractivity contribution is 6.33. The SMILES string of the molecule is Cc1ccc(NC(=O)CCc2noc(C3CC(CC(C)(C)C)C3)c2COCC(=O)O)c(Cl)c1. The Morgan fingerprint density at radius 2 is 2.03 bits per heavy atom. The van der Waals surface area contributed by atoms with E-state index in [0.29, 0.717) is 28.7 Å². The molecular weight excluding hydrogens is 444 g/mol. The predicted molar refractivity (Wildman–Crippen MR) is 126 cm³/mol. The first-order valence-corrected chi connectivity index (χ1v) is 11.7. The number of aryl methyl sites for hydroxylation is 2. The minimum Gasteiger partial charge on any atom is -0.480 e. The Hall–Kier alpha value is -2.38. The number of nitrogens with one attached hydrogen (secondary N) is 1. The second-order valence-electron chi connectivity index (χ2n) is 10.2. The summed E-state index contributed by atoms with van der Waals surface area (Å²) >= 11 is 6.20. The van der Waals surface area contributed by atoms with Gasteiger partial charge in [0.15, 0.2) is 0 Å². The largest absolute Gasteiger partial charge is 0.480 e. The molecule has 180 valence electrons. The molecule has 0 bridgehead atoms. The highest BCUT2D eigenvalue weighted by Gasteiger charge is 2.37. The average molecular weight is 477 g/mol. The van der Waals surface area contributed by atoms with Crippen molar-refractivity contribution in [2.45, 2.75) is 72.3 Å². The molecule has 0 unspecified atom stereocenters. The molecule has 1 aliphatic rings. The van der Waals surface area contributed by atoms with Crippen molar-refractivity contribution in [1.82, 2.24) is 5.16 Å². The summed E-state index contributed by atoms with van der Waals surface area (Å²) in [5.74, 6) is 0.445. The maximum Gasteiger partial charge on any atom is 0.329 e. The summed E-state index contributed by atoms with van der Waals surface area (Å²) in [7, 11) is 0. The first-order valence-electron chi connectivity index (χ1n) is 11.3. The molecule has 0 radical (unpaired) electrons. The number of anilines is 1. The quantitative estimate of drug-likeness (QED) is 0.453. The van der Waals surface area contributed by atoms with E-state index in [0.717, 1.165) is 36.1 Å². The fourth-order valence-electron chi connectivity index (χ4n) is 4.42. The molecule has 1 fully saturated rings. The van der Waals surface area contributed by atoms with Gasteiger partial charge in [0.1, 0.15) is 12.4 Å². The first kappa shape index (κ1) is 25.2. The monoisotopic (exact) mass is 476 g/mol. The number of carbonyl (C=O) groups excluding carboxylic acids is 1. The van der Waals surface area contributed by atoms with Crippen molar-refractivity contribution in [3.8, 4) is 0 Å². The van der Waals surface area contributed by atoms with E-state index in [4.69, 9.17) is 26.0 Å². The Kier molecular flexibility index (Phi) is 8.19. The van der Waals surface area contributed by atoms with Gasteiger partial charge < -0.3 is 19.7 Å². The van der Waals surface area contributed by atoms with Gasteiger partial charge in [-0.25, -0.2) is 4.79 Å². The summed E-state index contributed by atoms with van der Waals surface area (Å²) in [6, 6.07) is 5.46. The molecule has 1 heterocycles. The predicted octanol–water partition coefficient (Wildman–Crippen LogP) is 5.74. The lowest BCUT2D eigenvalue weighted by Gasteiger charge is -2.38. The lowest BCUT2D eigenvalue weighted by molar-refractivity contribution is -0.142. The molecule has 1 aromatic heterocycles. The zero-order chi connectivity index (χ0) is 24.2. The van der Waals surface area contributed by atoms with Crippen LogP contribution in [-0.4, -0.2) is 28.7 Å². The van der Waals surface area contributed by atoms with Crippen LogP contribution in [0.5, 0.6) is 0 Å². The molecule has 2 N–H and O–H groups in total. The van der Waals surface area contributed by atoms with E-state index in [9.17, 15) is 9.59 Å². The molecule has 2 aromatic rings. The van der Waals surface area contributed by atoms with Crippen LogP contribution in [0.4, 0.5) is 5.69 Å². The average Bonchev–Trinajstić information content (AvgIpc) is 3.06. The molecule has 8 heteroatoms. The number of aliphatic carboxylic acids is 1. The Labute approximate surface area is 199 Å². The van der Waals surface area contributed by atoms with Crippen LogP contribution in [0.25, 0.3) is 0 Å². The van der Waals surface area contributed by atoms with E-state index in [-0.39, 0.29) is 30.3 Å². The Balaban J connectivity index is 1.64. The van der Waals surface area contributed by atoms with Gasteiger partial charge in [-0.1, -0.05) is 43.6 Å². The number of amides is 1. The van der Waals surface area contributed by atoms with Gasteiger partial charge in [-0.15, -0.1) is 0 Å². The summed E-state index contributed by atoms with van der Waals surface area (Å²) in [6.45, 7) is 8.37. The van der Waals surface area contributed by atoms with Crippen molar-refractivity contribution in [3.05, 3.63) is 45.8 Å². The number of benzene rings is 1. The second kappa shape index (κ2) is 10.7. The minimum atomic E-state index is -1.03. The second-order valence-corrected chi connectivity index (χ2v) is 10.6. The van der Waals surface area contributed by atoms with Crippen LogP contribution >= 0.6 is 11.6 Å². The molecule has 7 nitrogen and oxygen atoms in total. The number of rotatable bonds is 10. The van der Waals surface area contributed by atoms with Crippen molar-refractivity contribution in [1.29, 1.82) is 0 Å². The summed E-state index contributed by atoms with van der Waals surface area (Å²) in [5, 5.41) is 16.5. The molecule has 3 rings (SSSR count). The lowest BCUT2D eigenvalue weighted by Crippen LogP contribution is -2.26. The van der Waals surface area contributed by atoms with Gasteiger partial charge in [0.2, 0.25) is 5.91 Å². The molecule has 1 aliphatic carbocycles. The van der Waals surface area contributed by atoms with Crippen LogP contribution < -0.4 is 5.32 Å². The first-order chi connectivity index (χ1) is 15.5.